The molecule has 2 aromatic rings. The summed E-state index contributed by atoms with van der Waals surface area (Å²) < 4.78 is 49.3. The number of hydrogen-bond acceptors (Lipinski definition) is 9. The van der Waals surface area contributed by atoms with Crippen molar-refractivity contribution in [3.63, 3.8) is 0 Å². The van der Waals surface area contributed by atoms with Gasteiger partial charge in [-0.25, -0.2) is 13.2 Å². The van der Waals surface area contributed by atoms with Crippen LogP contribution in [0.3, 0.4) is 0 Å². The van der Waals surface area contributed by atoms with Gasteiger partial charge in [-0.2, -0.15) is 4.31 Å². The molecule has 3 aliphatic heterocycles. The highest BCUT2D eigenvalue weighted by Crippen LogP contribution is 2.40. The highest BCUT2D eigenvalue weighted by molar-refractivity contribution is 7.89. The average Bonchev–Trinajstić information content (AvgIpc) is 3.71. The number of nitrogens with one attached hydrogen (secondary N) is 1. The number of sulfonamides is 1. The number of amides is 1. The summed E-state index contributed by atoms with van der Waals surface area (Å²) in [6, 6.07) is 9.89. The van der Waals surface area contributed by atoms with Gasteiger partial charge in [-0.1, -0.05) is 30.3 Å². The molecule has 12 heteroatoms. The Hall–Kier alpha value is -2.93. The van der Waals surface area contributed by atoms with E-state index >= 15 is 0 Å². The van der Waals surface area contributed by atoms with Gasteiger partial charge in [-0.05, 0) is 44.1 Å². The topological polar surface area (TPSA) is 128 Å². The Bertz CT molecular complexity index is 1310. The monoisotopic (exact) mass is 575 g/mol. The summed E-state index contributed by atoms with van der Waals surface area (Å²) in [5.74, 6) is 0.557. The molecule has 4 atom stereocenters. The van der Waals surface area contributed by atoms with E-state index in [9.17, 15) is 18.0 Å². The zero-order chi connectivity index (χ0) is 28.4. The quantitative estimate of drug-likeness (QED) is 0.449. The third-order valence-corrected chi connectivity index (χ3v) is 10.1. The van der Waals surface area contributed by atoms with Crippen molar-refractivity contribution in [2.45, 2.75) is 37.6 Å². The van der Waals surface area contributed by atoms with E-state index in [0.29, 0.717) is 26.3 Å². The van der Waals surface area contributed by atoms with Crippen LogP contribution in [0.25, 0.3) is 0 Å². The third kappa shape index (κ3) is 5.90. The molecule has 40 heavy (non-hydrogen) atoms. The number of methoxy groups -OCH3 is 1. The molecular formula is C28H37N3O8S. The molecule has 11 nitrogen and oxygen atoms in total. The van der Waals surface area contributed by atoms with Crippen LogP contribution in [0.5, 0.6) is 5.75 Å². The van der Waals surface area contributed by atoms with Gasteiger partial charge >= 0.3 is 6.16 Å². The fraction of sp³-hybridized carbons (Fsp3) is 0.571. The number of carbonyl (C=O) groups is 2. The number of likely N-dealkylation sites (tertiary alicyclic amines) is 1. The van der Waals surface area contributed by atoms with Crippen LogP contribution in [0, 0.1) is 31.6 Å². The molecule has 3 unspecified atom stereocenters. The largest absolute Gasteiger partial charge is 0.513 e. The van der Waals surface area contributed by atoms with Gasteiger partial charge in [-0.3, -0.25) is 4.79 Å². The first-order chi connectivity index (χ1) is 19.2. The van der Waals surface area contributed by atoms with Gasteiger partial charge in [0.2, 0.25) is 15.9 Å². The van der Waals surface area contributed by atoms with Crippen molar-refractivity contribution in [1.29, 1.82) is 0 Å². The molecule has 4 heterocycles. The van der Waals surface area contributed by atoms with Crippen molar-refractivity contribution in [3.8, 4) is 5.75 Å². The van der Waals surface area contributed by atoms with E-state index in [1.54, 1.807) is 13.8 Å². The first-order valence-electron chi connectivity index (χ1n) is 13.7. The van der Waals surface area contributed by atoms with Gasteiger partial charge in [-0.15, -0.1) is 0 Å². The van der Waals surface area contributed by atoms with E-state index in [0.717, 1.165) is 45.1 Å². The Morgan fingerprint density at radius 1 is 1.07 bits per heavy atom. The molecule has 0 spiro atoms. The molecule has 1 aromatic heterocycles. The fourth-order valence-electron chi connectivity index (χ4n) is 6.09. The Morgan fingerprint density at radius 3 is 2.40 bits per heavy atom. The predicted molar refractivity (Wildman–Crippen MR) is 144 cm³/mol. The Morgan fingerprint density at radius 2 is 1.77 bits per heavy atom. The van der Waals surface area contributed by atoms with Crippen molar-refractivity contribution in [3.05, 3.63) is 47.4 Å². The van der Waals surface area contributed by atoms with Gasteiger partial charge in [0.15, 0.2) is 10.6 Å². The van der Waals surface area contributed by atoms with Crippen LogP contribution in [0.4, 0.5) is 4.79 Å². The maximum Gasteiger partial charge on any atom is 0.513 e. The zero-order valence-electron chi connectivity index (χ0n) is 23.1. The molecular weight excluding hydrogens is 538 g/mol. The lowest BCUT2D eigenvalue weighted by Crippen LogP contribution is -2.37. The van der Waals surface area contributed by atoms with Crippen LogP contribution < -0.4 is 10.1 Å². The van der Waals surface area contributed by atoms with Gasteiger partial charge in [0.05, 0.1) is 25.7 Å². The van der Waals surface area contributed by atoms with Gasteiger partial charge in [0.25, 0.3) is 0 Å². The summed E-state index contributed by atoms with van der Waals surface area (Å²) in [7, 11) is -2.79. The lowest BCUT2D eigenvalue weighted by atomic mass is 10.0. The average molecular weight is 576 g/mol. The highest BCUT2D eigenvalue weighted by atomic mass is 32.2. The minimum atomic E-state index is -3.95. The molecule has 0 radical (unpaired) electrons. The molecule has 0 saturated carbocycles. The molecule has 3 saturated heterocycles. The first-order valence-corrected chi connectivity index (χ1v) is 15.1. The van der Waals surface area contributed by atoms with Crippen molar-refractivity contribution < 1.29 is 36.6 Å². The van der Waals surface area contributed by atoms with E-state index in [-0.39, 0.29) is 51.9 Å². The van der Waals surface area contributed by atoms with Crippen molar-refractivity contribution in [2.24, 2.45) is 17.8 Å². The van der Waals surface area contributed by atoms with Crippen LogP contribution in [0.1, 0.15) is 36.0 Å². The number of hydrogen-bond donors (Lipinski definition) is 1. The van der Waals surface area contributed by atoms with Crippen LogP contribution in [-0.2, 0) is 24.3 Å². The highest BCUT2D eigenvalue weighted by Gasteiger charge is 2.46. The molecule has 0 bridgehead atoms. The second-order valence-corrected chi connectivity index (χ2v) is 12.7. The molecule has 0 aliphatic carbocycles. The van der Waals surface area contributed by atoms with E-state index in [1.807, 2.05) is 30.3 Å². The fourth-order valence-corrected chi connectivity index (χ4v) is 7.95. The maximum atomic E-state index is 13.6. The summed E-state index contributed by atoms with van der Waals surface area (Å²) in [4.78, 5) is 26.8. The predicted octanol–water partition coefficient (Wildman–Crippen LogP) is 2.88. The van der Waals surface area contributed by atoms with Crippen LogP contribution in [-0.4, -0.2) is 82.7 Å². The molecule has 3 fully saturated rings. The van der Waals surface area contributed by atoms with Crippen LogP contribution in [0.15, 0.2) is 39.6 Å². The molecule has 218 valence electrons. The lowest BCUT2D eigenvalue weighted by molar-refractivity contribution is -0.125. The number of furan rings is 1. The van der Waals surface area contributed by atoms with Crippen molar-refractivity contribution in [1.82, 2.24) is 14.5 Å². The molecule has 1 amide bonds. The van der Waals surface area contributed by atoms with Gasteiger partial charge < -0.3 is 28.8 Å². The number of fused-ring (bicyclic) bond motifs is 1. The maximum absolute atomic E-state index is 13.6. The van der Waals surface area contributed by atoms with E-state index < -0.39 is 16.2 Å². The number of aryl methyl sites for hydroxylation is 2. The second-order valence-electron chi connectivity index (χ2n) is 10.9. The SMILES string of the molecule is COC(=O)Oc1c(C)oc(C)c1S(=O)(=O)N1CC2CN(CC[C@H](NC(=O)C3CCOC3)c3ccccc3)CC2C1. The Balaban J connectivity index is 1.21. The third-order valence-electron chi connectivity index (χ3n) is 8.18. The number of carbonyl (C=O) groups excluding carboxylic acids is 2. The van der Waals surface area contributed by atoms with Crippen molar-refractivity contribution in [2.75, 3.05) is 53.0 Å². The standard InChI is InChI=1S/C28H37N3O8S/c1-18-25(39-28(33)36-3)26(19(2)38-18)40(34,35)31-15-22-13-30(14-23(22)16-31)11-9-24(20-7-5-4-6-8-20)29-27(32)21-10-12-37-17-21/h4-8,21-24H,9-17H2,1-3H3,(H,29,32)/t21?,22?,23?,24-/m0/s1. The first kappa shape index (κ1) is 28.6. The number of nitrogens with zero attached hydrogens (tertiary/aromatic N) is 2. The van der Waals surface area contributed by atoms with Gasteiger partial charge in [0, 0.05) is 39.3 Å². The number of benzene rings is 1. The minimum Gasteiger partial charge on any atom is -0.461 e. The van der Waals surface area contributed by atoms with E-state index in [1.165, 1.54) is 4.31 Å². The lowest BCUT2D eigenvalue weighted by Gasteiger charge is -2.25. The number of ether oxygens (including phenoxy) is 3. The Labute approximate surface area is 234 Å². The minimum absolute atomic E-state index is 0.0332. The van der Waals surface area contributed by atoms with Crippen molar-refractivity contribution >= 4 is 22.1 Å². The molecule has 1 aromatic carbocycles. The normalized spacial score (nSPS) is 24.1. The summed E-state index contributed by atoms with van der Waals surface area (Å²) in [5, 5.41) is 3.24. The Kier molecular flexibility index (Phi) is 8.50. The van der Waals surface area contributed by atoms with Crippen LogP contribution in [0.2, 0.25) is 0 Å². The molecule has 3 aliphatic rings. The van der Waals surface area contributed by atoms with E-state index in [2.05, 4.69) is 15.0 Å². The molecule has 5 rings (SSSR count). The summed E-state index contributed by atoms with van der Waals surface area (Å²) in [6.45, 7) is 7.29. The molecule has 1 N–H and O–H groups in total. The van der Waals surface area contributed by atoms with Crippen LogP contribution >= 0.6 is 0 Å². The zero-order valence-corrected chi connectivity index (χ0v) is 23.9. The summed E-state index contributed by atoms with van der Waals surface area (Å²) in [5.41, 5.74) is 1.07. The smallest absolute Gasteiger partial charge is 0.461 e. The number of rotatable bonds is 9. The second kappa shape index (κ2) is 11.9. The summed E-state index contributed by atoms with van der Waals surface area (Å²) in [6.07, 6.45) is 0.499. The van der Waals surface area contributed by atoms with Gasteiger partial charge in [0.1, 0.15) is 11.5 Å². The summed E-state index contributed by atoms with van der Waals surface area (Å²) >= 11 is 0. The van der Waals surface area contributed by atoms with E-state index in [4.69, 9.17) is 13.9 Å².